The third-order valence-corrected chi connectivity index (χ3v) is 5.14. The van der Waals surface area contributed by atoms with Gasteiger partial charge in [0, 0.05) is 38.3 Å². The third kappa shape index (κ3) is 5.70. The maximum absolute atomic E-state index is 12.9. The number of carbonyl (C=O) groups excluding carboxylic acids is 2. The number of hydrogen-bond acceptors (Lipinski definition) is 5. The zero-order valence-corrected chi connectivity index (χ0v) is 17.2. The van der Waals surface area contributed by atoms with Crippen molar-refractivity contribution < 1.29 is 14.0 Å². The van der Waals surface area contributed by atoms with Crippen LogP contribution in [0, 0.1) is 10.6 Å². The van der Waals surface area contributed by atoms with Crippen LogP contribution in [0.3, 0.4) is 0 Å². The number of nitrogens with one attached hydrogen (secondary N) is 2. The Hall–Kier alpha value is -2.59. The van der Waals surface area contributed by atoms with Gasteiger partial charge in [0.2, 0.25) is 11.8 Å². The number of benzene rings is 1. The SMILES string of the molecule is CCCc1n[nH]c(=S)n1CC(=O)N1CCN(CC(=O)Nc2ccc(F)cc2)CC1. The van der Waals surface area contributed by atoms with Crippen molar-refractivity contribution in [3.8, 4) is 0 Å². The van der Waals surface area contributed by atoms with Gasteiger partial charge in [0.25, 0.3) is 0 Å². The van der Waals surface area contributed by atoms with Crippen LogP contribution in [-0.2, 0) is 22.6 Å². The third-order valence-electron chi connectivity index (χ3n) is 4.82. The highest BCUT2D eigenvalue weighted by Crippen LogP contribution is 2.10. The fraction of sp³-hybridized carbons (Fsp3) is 0.474. The Bertz CT molecular complexity index is 902. The molecule has 3 rings (SSSR count). The molecule has 2 aromatic rings. The highest BCUT2D eigenvalue weighted by Gasteiger charge is 2.23. The summed E-state index contributed by atoms with van der Waals surface area (Å²) in [6, 6.07) is 5.66. The van der Waals surface area contributed by atoms with E-state index in [0.717, 1.165) is 18.7 Å². The van der Waals surface area contributed by atoms with Crippen LogP contribution in [0.4, 0.5) is 10.1 Å². The zero-order valence-electron chi connectivity index (χ0n) is 16.4. The van der Waals surface area contributed by atoms with Crippen molar-refractivity contribution in [2.75, 3.05) is 38.0 Å². The van der Waals surface area contributed by atoms with Gasteiger partial charge in [-0.25, -0.2) is 4.39 Å². The number of amides is 2. The summed E-state index contributed by atoms with van der Waals surface area (Å²) < 4.78 is 15.1. The monoisotopic (exact) mass is 420 g/mol. The van der Waals surface area contributed by atoms with Crippen LogP contribution in [-0.4, -0.2) is 69.1 Å². The molecule has 1 fully saturated rings. The largest absolute Gasteiger partial charge is 0.339 e. The predicted molar refractivity (Wildman–Crippen MR) is 109 cm³/mol. The molecule has 1 aliphatic rings. The van der Waals surface area contributed by atoms with E-state index >= 15 is 0 Å². The zero-order chi connectivity index (χ0) is 20.8. The fourth-order valence-corrected chi connectivity index (χ4v) is 3.47. The average molecular weight is 421 g/mol. The van der Waals surface area contributed by atoms with E-state index in [-0.39, 0.29) is 30.7 Å². The Balaban J connectivity index is 1.47. The van der Waals surface area contributed by atoms with Crippen molar-refractivity contribution in [2.45, 2.75) is 26.3 Å². The Morgan fingerprint density at radius 2 is 1.86 bits per heavy atom. The predicted octanol–water partition coefficient (Wildman–Crippen LogP) is 1.82. The summed E-state index contributed by atoms with van der Waals surface area (Å²) in [5, 5.41) is 9.69. The summed E-state index contributed by atoms with van der Waals surface area (Å²) in [5.41, 5.74) is 0.560. The molecule has 0 bridgehead atoms. The summed E-state index contributed by atoms with van der Waals surface area (Å²) in [5.74, 6) is 0.282. The molecule has 156 valence electrons. The molecular weight excluding hydrogens is 395 g/mol. The van der Waals surface area contributed by atoms with Crippen LogP contribution >= 0.6 is 12.2 Å². The maximum atomic E-state index is 12.9. The van der Waals surface area contributed by atoms with Crippen LogP contribution in [0.1, 0.15) is 19.2 Å². The summed E-state index contributed by atoms with van der Waals surface area (Å²) in [6.07, 6.45) is 1.68. The molecule has 0 radical (unpaired) electrons. The first-order valence-electron chi connectivity index (χ1n) is 9.66. The van der Waals surface area contributed by atoms with Gasteiger partial charge in [-0.15, -0.1) is 0 Å². The molecule has 2 N–H and O–H groups in total. The lowest BCUT2D eigenvalue weighted by molar-refractivity contribution is -0.133. The minimum atomic E-state index is -0.345. The second kappa shape index (κ2) is 9.75. The smallest absolute Gasteiger partial charge is 0.242 e. The van der Waals surface area contributed by atoms with Crippen LogP contribution in [0.2, 0.25) is 0 Å². The molecule has 2 heterocycles. The lowest BCUT2D eigenvalue weighted by Gasteiger charge is -2.34. The summed E-state index contributed by atoms with van der Waals surface area (Å²) >= 11 is 5.23. The number of rotatable bonds is 7. The van der Waals surface area contributed by atoms with Crippen molar-refractivity contribution >= 4 is 29.7 Å². The number of H-pyrrole nitrogens is 1. The molecule has 29 heavy (non-hydrogen) atoms. The van der Waals surface area contributed by atoms with E-state index in [4.69, 9.17) is 12.2 Å². The molecule has 8 nitrogen and oxygen atoms in total. The number of hydrogen-bond donors (Lipinski definition) is 2. The van der Waals surface area contributed by atoms with Crippen molar-refractivity contribution in [3.05, 3.63) is 40.7 Å². The van der Waals surface area contributed by atoms with Gasteiger partial charge < -0.3 is 10.2 Å². The van der Waals surface area contributed by atoms with Gasteiger partial charge in [-0.2, -0.15) is 5.10 Å². The van der Waals surface area contributed by atoms with Gasteiger partial charge in [-0.3, -0.25) is 24.2 Å². The standard InChI is InChI=1S/C19H25FN6O2S/c1-2-3-16-22-23-19(29)26(16)13-18(28)25-10-8-24(9-11-25)12-17(27)21-15-6-4-14(20)5-7-15/h4-7H,2-3,8-13H2,1H3,(H,21,27)(H,23,29). The molecule has 0 atom stereocenters. The normalized spacial score (nSPS) is 14.8. The number of aromatic nitrogens is 3. The molecule has 1 saturated heterocycles. The first-order chi connectivity index (χ1) is 14.0. The first-order valence-corrected chi connectivity index (χ1v) is 10.1. The van der Waals surface area contributed by atoms with Crippen molar-refractivity contribution in [3.63, 3.8) is 0 Å². The maximum Gasteiger partial charge on any atom is 0.242 e. The van der Waals surface area contributed by atoms with Gasteiger partial charge in [-0.05, 0) is 42.9 Å². The minimum Gasteiger partial charge on any atom is -0.339 e. The Morgan fingerprint density at radius 1 is 1.17 bits per heavy atom. The number of halogens is 1. The number of piperazine rings is 1. The highest BCUT2D eigenvalue weighted by molar-refractivity contribution is 7.71. The van der Waals surface area contributed by atoms with E-state index in [1.807, 2.05) is 4.90 Å². The second-order valence-electron chi connectivity index (χ2n) is 6.99. The van der Waals surface area contributed by atoms with Crippen LogP contribution in [0.15, 0.2) is 24.3 Å². The molecule has 1 aromatic heterocycles. The molecule has 0 spiro atoms. The van der Waals surface area contributed by atoms with Crippen LogP contribution in [0.25, 0.3) is 0 Å². The summed E-state index contributed by atoms with van der Waals surface area (Å²) in [7, 11) is 0. The number of aryl methyl sites for hydroxylation is 1. The minimum absolute atomic E-state index is 0.00438. The molecule has 10 heteroatoms. The Labute approximate surface area is 173 Å². The summed E-state index contributed by atoms with van der Waals surface area (Å²) in [6.45, 7) is 4.79. The van der Waals surface area contributed by atoms with E-state index in [0.29, 0.717) is 36.6 Å². The van der Waals surface area contributed by atoms with E-state index in [1.54, 1.807) is 9.47 Å². The van der Waals surface area contributed by atoms with Crippen LogP contribution in [0.5, 0.6) is 0 Å². The van der Waals surface area contributed by atoms with E-state index in [9.17, 15) is 14.0 Å². The molecule has 0 aliphatic carbocycles. The quantitative estimate of drug-likeness (QED) is 0.668. The highest BCUT2D eigenvalue weighted by atomic mass is 32.1. The van der Waals surface area contributed by atoms with Crippen molar-refractivity contribution in [1.82, 2.24) is 24.6 Å². The lowest BCUT2D eigenvalue weighted by Crippen LogP contribution is -2.51. The average Bonchev–Trinajstić information content (AvgIpc) is 3.04. The van der Waals surface area contributed by atoms with E-state index in [2.05, 4.69) is 22.4 Å². The number of nitrogens with zero attached hydrogens (tertiary/aromatic N) is 4. The number of aromatic amines is 1. The molecule has 1 aromatic carbocycles. The first kappa shape index (κ1) is 21.1. The van der Waals surface area contributed by atoms with Gasteiger partial charge in [-0.1, -0.05) is 6.92 Å². The lowest BCUT2D eigenvalue weighted by atomic mass is 10.2. The second-order valence-corrected chi connectivity index (χ2v) is 7.38. The molecular formula is C19H25FN6O2S. The van der Waals surface area contributed by atoms with Gasteiger partial charge in [0.15, 0.2) is 4.77 Å². The Kier molecular flexibility index (Phi) is 7.10. The molecule has 2 amide bonds. The number of carbonyl (C=O) groups is 2. The molecule has 1 aliphatic heterocycles. The molecule has 0 unspecified atom stereocenters. The van der Waals surface area contributed by atoms with E-state index < -0.39 is 0 Å². The van der Waals surface area contributed by atoms with Crippen molar-refractivity contribution in [1.29, 1.82) is 0 Å². The Morgan fingerprint density at radius 3 is 2.52 bits per heavy atom. The van der Waals surface area contributed by atoms with Crippen LogP contribution < -0.4 is 5.32 Å². The van der Waals surface area contributed by atoms with Gasteiger partial charge in [0.1, 0.15) is 18.2 Å². The fourth-order valence-electron chi connectivity index (χ4n) is 3.26. The summed E-state index contributed by atoms with van der Waals surface area (Å²) in [4.78, 5) is 28.6. The topological polar surface area (TPSA) is 86.3 Å². The van der Waals surface area contributed by atoms with Gasteiger partial charge in [0.05, 0.1) is 6.54 Å². The number of anilines is 1. The van der Waals surface area contributed by atoms with Gasteiger partial charge >= 0.3 is 0 Å². The van der Waals surface area contributed by atoms with Crippen molar-refractivity contribution in [2.24, 2.45) is 0 Å². The molecule has 0 saturated carbocycles. The van der Waals surface area contributed by atoms with E-state index in [1.165, 1.54) is 24.3 Å².